The minimum atomic E-state index is -0.457. The number of pyridine rings is 2. The molecular weight excluding hydrogens is 488 g/mol. The molecule has 2 heterocycles. The number of halogens is 2. The van der Waals surface area contributed by atoms with Crippen LogP contribution in [0.25, 0.3) is 0 Å². The molecule has 0 fully saturated rings. The minimum Gasteiger partial charge on any atom is -1.00 e. The largest absolute Gasteiger partial charge is 1.00 e. The fraction of sp³-hybridized carbons (Fsp3) is 0.100. The molecule has 0 atom stereocenters. The Hall–Kier alpha value is -2.58. The lowest BCUT2D eigenvalue weighted by Gasteiger charge is -2.07. The van der Waals surface area contributed by atoms with Crippen LogP contribution >= 0.6 is 0 Å². The van der Waals surface area contributed by atoms with Gasteiger partial charge in [0.2, 0.25) is 5.69 Å². The summed E-state index contributed by atoms with van der Waals surface area (Å²) in [6.45, 7) is 1.14. The van der Waals surface area contributed by atoms with Gasteiger partial charge in [-0.1, -0.05) is 29.4 Å². The van der Waals surface area contributed by atoms with Crippen molar-refractivity contribution in [2.75, 3.05) is 0 Å². The van der Waals surface area contributed by atoms with E-state index in [-0.39, 0.29) is 34.0 Å². The van der Waals surface area contributed by atoms with Crippen molar-refractivity contribution in [3.63, 3.8) is 0 Å². The van der Waals surface area contributed by atoms with Crippen molar-refractivity contribution in [3.05, 3.63) is 95.6 Å². The van der Waals surface area contributed by atoms with Crippen LogP contribution in [0.1, 0.15) is 27.3 Å². The normalized spacial score (nSPS) is 10.1. The van der Waals surface area contributed by atoms with Gasteiger partial charge in [-0.05, 0) is 12.1 Å². The Morgan fingerprint density at radius 1 is 0.893 bits per heavy atom. The zero-order valence-electron chi connectivity index (χ0n) is 15.0. The quantitative estimate of drug-likeness (QED) is 0.152. The van der Waals surface area contributed by atoms with E-state index in [0.29, 0.717) is 18.8 Å². The summed E-state index contributed by atoms with van der Waals surface area (Å²) in [6.07, 6.45) is 5.18. The lowest BCUT2D eigenvalue weighted by atomic mass is 10.1. The highest BCUT2D eigenvalue weighted by atomic mass is 79.9. The molecule has 8 heteroatoms. The first kappa shape index (κ1) is 23.5. The smallest absolute Gasteiger partial charge is 0.313 e. The van der Waals surface area contributed by atoms with E-state index < -0.39 is 5.91 Å². The number of hydrogen-bond acceptors (Lipinski definition) is 3. The molecule has 3 N–H and O–H groups in total. The number of aromatic nitrogens is 2. The molecule has 0 bridgehead atoms. The Morgan fingerprint density at radius 2 is 1.43 bits per heavy atom. The molecule has 0 aliphatic rings. The molecule has 0 aliphatic heterocycles. The number of rotatable bonds is 6. The van der Waals surface area contributed by atoms with E-state index in [1.165, 1.54) is 6.21 Å². The monoisotopic (exact) mass is 506 g/mol. The number of amides is 1. The average Bonchev–Trinajstić information content (AvgIpc) is 2.65. The lowest BCUT2D eigenvalue weighted by molar-refractivity contribution is -0.694. The first-order valence-corrected chi connectivity index (χ1v) is 8.20. The third kappa shape index (κ3) is 5.71. The van der Waals surface area contributed by atoms with Crippen molar-refractivity contribution in [1.29, 1.82) is 0 Å². The fourth-order valence-electron chi connectivity index (χ4n) is 2.88. The molecule has 2 aromatic heterocycles. The first-order chi connectivity index (χ1) is 12.7. The zero-order chi connectivity index (χ0) is 18.4. The average molecular weight is 508 g/mol. The number of benzene rings is 1. The van der Waals surface area contributed by atoms with Gasteiger partial charge >= 0.3 is 5.91 Å². The van der Waals surface area contributed by atoms with Crippen LogP contribution in [0.4, 0.5) is 0 Å². The van der Waals surface area contributed by atoms with Crippen LogP contribution in [0.2, 0.25) is 0 Å². The van der Waals surface area contributed by atoms with Gasteiger partial charge in [0.05, 0.1) is 0 Å². The maximum Gasteiger partial charge on any atom is 0.313 e. The van der Waals surface area contributed by atoms with Gasteiger partial charge in [0, 0.05) is 35.4 Å². The summed E-state index contributed by atoms with van der Waals surface area (Å²) < 4.78 is 3.83. The summed E-state index contributed by atoms with van der Waals surface area (Å²) in [5, 5.41) is 12.0. The highest BCUT2D eigenvalue weighted by Gasteiger charge is 2.18. The zero-order valence-corrected chi connectivity index (χ0v) is 18.1. The van der Waals surface area contributed by atoms with Gasteiger partial charge in [0.15, 0.2) is 25.5 Å². The Labute approximate surface area is 184 Å². The van der Waals surface area contributed by atoms with Crippen molar-refractivity contribution in [2.24, 2.45) is 10.9 Å². The van der Waals surface area contributed by atoms with Crippen molar-refractivity contribution >= 4 is 12.1 Å². The second kappa shape index (κ2) is 11.3. The van der Waals surface area contributed by atoms with Gasteiger partial charge in [-0.15, -0.1) is 0 Å². The molecule has 3 aromatic rings. The van der Waals surface area contributed by atoms with Crippen LogP contribution in [0.3, 0.4) is 0 Å². The van der Waals surface area contributed by atoms with Gasteiger partial charge in [0.25, 0.3) is 5.69 Å². The van der Waals surface area contributed by atoms with Crippen LogP contribution in [0.5, 0.6) is 0 Å². The molecule has 0 aliphatic carbocycles. The Kier molecular flexibility index (Phi) is 9.47. The second-order valence-electron chi connectivity index (χ2n) is 5.84. The number of oxime groups is 1. The van der Waals surface area contributed by atoms with Crippen molar-refractivity contribution in [3.8, 4) is 0 Å². The van der Waals surface area contributed by atoms with Gasteiger partial charge in [-0.3, -0.25) is 4.79 Å². The topological polar surface area (TPSA) is 83.4 Å². The van der Waals surface area contributed by atoms with Crippen molar-refractivity contribution < 1.29 is 53.1 Å². The maximum absolute atomic E-state index is 11.7. The first-order valence-electron chi connectivity index (χ1n) is 8.20. The lowest BCUT2D eigenvalue weighted by Crippen LogP contribution is -3.00. The molecule has 6 nitrogen and oxygen atoms in total. The van der Waals surface area contributed by atoms with E-state index in [1.807, 2.05) is 70.1 Å². The third-order valence-corrected chi connectivity index (χ3v) is 4.16. The molecule has 0 unspecified atom stereocenters. The van der Waals surface area contributed by atoms with Gasteiger partial charge in [-0.2, -0.15) is 9.13 Å². The molecule has 1 aromatic carbocycles. The minimum absolute atomic E-state index is 0. The number of carbonyl (C=O) groups is 1. The summed E-state index contributed by atoms with van der Waals surface area (Å²) in [5.41, 5.74) is 8.91. The van der Waals surface area contributed by atoms with E-state index >= 15 is 0 Å². The summed E-state index contributed by atoms with van der Waals surface area (Å²) in [7, 11) is 0. The second-order valence-corrected chi connectivity index (χ2v) is 5.84. The van der Waals surface area contributed by atoms with E-state index in [1.54, 1.807) is 12.1 Å². The van der Waals surface area contributed by atoms with Crippen LogP contribution in [-0.2, 0) is 13.1 Å². The van der Waals surface area contributed by atoms with Crippen LogP contribution < -0.4 is 48.8 Å². The Balaban J connectivity index is 0.00000196. The molecule has 0 spiro atoms. The van der Waals surface area contributed by atoms with Crippen LogP contribution in [-0.4, -0.2) is 17.3 Å². The van der Waals surface area contributed by atoms with Crippen molar-refractivity contribution in [1.82, 2.24) is 0 Å². The number of primary amides is 1. The summed E-state index contributed by atoms with van der Waals surface area (Å²) in [5.74, 6) is -0.457. The number of nitrogens with two attached hydrogens (primary N) is 1. The van der Waals surface area contributed by atoms with E-state index in [0.717, 1.165) is 16.8 Å². The highest BCUT2D eigenvalue weighted by Crippen LogP contribution is 2.09. The molecule has 0 radical (unpaired) electrons. The van der Waals surface area contributed by atoms with Gasteiger partial charge in [0.1, 0.15) is 6.21 Å². The molecule has 28 heavy (non-hydrogen) atoms. The van der Waals surface area contributed by atoms with E-state index in [4.69, 9.17) is 10.9 Å². The number of carbonyl (C=O) groups excluding carboxylic acids is 1. The maximum atomic E-state index is 11.7. The predicted octanol–water partition coefficient (Wildman–Crippen LogP) is -4.73. The molecule has 146 valence electrons. The van der Waals surface area contributed by atoms with Crippen LogP contribution in [0, 0.1) is 0 Å². The van der Waals surface area contributed by atoms with Crippen molar-refractivity contribution in [2.45, 2.75) is 13.1 Å². The molecule has 1 amide bonds. The Bertz CT molecular complexity index is 964. The SMILES string of the molecule is NC(=O)c1cccc[n+]1Cc1ccccc1C[n+]1ccccc1/C=N/O.[Br-].[Br-]. The van der Waals surface area contributed by atoms with E-state index in [9.17, 15) is 4.79 Å². The van der Waals surface area contributed by atoms with Gasteiger partial charge < -0.3 is 44.9 Å². The van der Waals surface area contributed by atoms with E-state index in [2.05, 4.69) is 5.16 Å². The third-order valence-electron chi connectivity index (χ3n) is 4.16. The predicted molar refractivity (Wildman–Crippen MR) is 95.8 cm³/mol. The Morgan fingerprint density at radius 3 is 2.04 bits per heavy atom. The molecular formula is C20H20Br2N4O2. The molecule has 3 rings (SSSR count). The van der Waals surface area contributed by atoms with Crippen LogP contribution in [0.15, 0.2) is 78.2 Å². The highest BCUT2D eigenvalue weighted by molar-refractivity contribution is 5.89. The molecule has 0 saturated carbocycles. The molecule has 0 saturated heterocycles. The number of hydrogen-bond donors (Lipinski definition) is 2. The summed E-state index contributed by atoms with van der Waals surface area (Å²) >= 11 is 0. The number of nitrogens with zero attached hydrogens (tertiary/aromatic N) is 3. The van der Waals surface area contributed by atoms with Gasteiger partial charge in [-0.25, -0.2) is 0 Å². The standard InChI is InChI=1S/C20H18N4O2.2BrH/c21-20(25)19-10-4-6-12-24(19)15-17-8-2-1-7-16(17)14-23-11-5-3-9-18(23)13-22-26;;/h1-13H,14-15H2,(H-,21,25);2*1H. The summed E-state index contributed by atoms with van der Waals surface area (Å²) in [6, 6.07) is 19.1. The fourth-order valence-corrected chi connectivity index (χ4v) is 2.88. The summed E-state index contributed by atoms with van der Waals surface area (Å²) in [4.78, 5) is 11.7.